The molecule has 120 valence electrons. The lowest BCUT2D eigenvalue weighted by atomic mass is 10.1. The van der Waals surface area contributed by atoms with Crippen LogP contribution < -0.4 is 9.64 Å². The molecular formula is C16H16FN3O3. The maximum atomic E-state index is 14.4. The van der Waals surface area contributed by atoms with Crippen LogP contribution in [0.4, 0.5) is 14.9 Å². The quantitative estimate of drug-likeness (QED) is 0.867. The van der Waals surface area contributed by atoms with Gasteiger partial charge in [0.05, 0.1) is 19.3 Å². The van der Waals surface area contributed by atoms with E-state index in [1.807, 2.05) is 6.92 Å². The molecule has 1 aliphatic rings. The highest BCUT2D eigenvalue weighted by Gasteiger charge is 2.31. The van der Waals surface area contributed by atoms with Gasteiger partial charge in [-0.15, -0.1) is 0 Å². The number of hydrogen-bond acceptors (Lipinski definition) is 5. The standard InChI is InChI=1S/C16H16FN3O3/c1-3-12-9-20(16(21)23-12)11-4-5-13(14(17)6-11)10-7-18-15(22-2)19-8-10/h4-8,12H,3,9H2,1-2H3. The van der Waals surface area contributed by atoms with Crippen molar-refractivity contribution in [2.45, 2.75) is 19.4 Å². The number of benzene rings is 1. The van der Waals surface area contributed by atoms with E-state index in [0.717, 1.165) is 6.42 Å². The molecule has 23 heavy (non-hydrogen) atoms. The molecular weight excluding hydrogens is 301 g/mol. The molecule has 7 heteroatoms. The van der Waals surface area contributed by atoms with Gasteiger partial charge >= 0.3 is 12.1 Å². The van der Waals surface area contributed by atoms with Crippen molar-refractivity contribution in [3.05, 3.63) is 36.4 Å². The van der Waals surface area contributed by atoms with E-state index in [0.29, 0.717) is 23.4 Å². The van der Waals surface area contributed by atoms with E-state index in [2.05, 4.69) is 9.97 Å². The molecule has 0 bridgehead atoms. The van der Waals surface area contributed by atoms with Crippen molar-refractivity contribution in [3.8, 4) is 17.1 Å². The fourth-order valence-corrected chi connectivity index (χ4v) is 2.41. The molecule has 1 amide bonds. The lowest BCUT2D eigenvalue weighted by Crippen LogP contribution is -2.24. The Hall–Kier alpha value is -2.70. The summed E-state index contributed by atoms with van der Waals surface area (Å²) < 4.78 is 24.5. The van der Waals surface area contributed by atoms with Gasteiger partial charge in [-0.3, -0.25) is 4.90 Å². The molecule has 1 saturated heterocycles. The van der Waals surface area contributed by atoms with Gasteiger partial charge in [0.2, 0.25) is 0 Å². The largest absolute Gasteiger partial charge is 0.467 e. The third-order valence-electron chi connectivity index (χ3n) is 3.72. The molecule has 0 radical (unpaired) electrons. The molecule has 1 aliphatic heterocycles. The molecule has 1 fully saturated rings. The average Bonchev–Trinajstić information content (AvgIpc) is 2.96. The van der Waals surface area contributed by atoms with Gasteiger partial charge in [0.25, 0.3) is 0 Å². The predicted octanol–water partition coefficient (Wildman–Crippen LogP) is 3.03. The number of amides is 1. The van der Waals surface area contributed by atoms with Gasteiger partial charge < -0.3 is 9.47 Å². The molecule has 2 heterocycles. The zero-order valence-corrected chi connectivity index (χ0v) is 12.8. The number of methoxy groups -OCH3 is 1. The monoisotopic (exact) mass is 317 g/mol. The smallest absolute Gasteiger partial charge is 0.414 e. The highest BCUT2D eigenvalue weighted by atomic mass is 19.1. The van der Waals surface area contributed by atoms with Crippen LogP contribution in [0.3, 0.4) is 0 Å². The van der Waals surface area contributed by atoms with Crippen molar-refractivity contribution in [1.29, 1.82) is 0 Å². The second-order valence-corrected chi connectivity index (χ2v) is 5.15. The van der Waals surface area contributed by atoms with Crippen LogP contribution in [-0.2, 0) is 4.74 Å². The SMILES string of the molecule is CCC1CN(c2ccc(-c3cnc(OC)nc3)c(F)c2)C(=O)O1. The summed E-state index contributed by atoms with van der Waals surface area (Å²) in [6, 6.07) is 4.82. The Balaban J connectivity index is 1.87. The number of halogens is 1. The molecule has 0 spiro atoms. The Morgan fingerprint density at radius 2 is 2.13 bits per heavy atom. The van der Waals surface area contributed by atoms with Crippen molar-refractivity contribution in [1.82, 2.24) is 9.97 Å². The van der Waals surface area contributed by atoms with Crippen molar-refractivity contribution < 1.29 is 18.7 Å². The molecule has 1 aromatic carbocycles. The first kappa shape index (κ1) is 15.2. The summed E-state index contributed by atoms with van der Waals surface area (Å²) in [7, 11) is 1.46. The van der Waals surface area contributed by atoms with E-state index in [1.54, 1.807) is 12.1 Å². The van der Waals surface area contributed by atoms with E-state index < -0.39 is 11.9 Å². The Bertz CT molecular complexity index is 721. The molecule has 0 aliphatic carbocycles. The normalized spacial score (nSPS) is 17.3. The van der Waals surface area contributed by atoms with E-state index >= 15 is 0 Å². The summed E-state index contributed by atoms with van der Waals surface area (Å²) in [5.41, 5.74) is 1.36. The first-order valence-electron chi connectivity index (χ1n) is 7.26. The van der Waals surface area contributed by atoms with E-state index in [9.17, 15) is 9.18 Å². The summed E-state index contributed by atoms with van der Waals surface area (Å²) in [4.78, 5) is 21.2. The topological polar surface area (TPSA) is 64.5 Å². The van der Waals surface area contributed by atoms with Gasteiger partial charge in [-0.2, -0.15) is 0 Å². The zero-order chi connectivity index (χ0) is 16.4. The maximum Gasteiger partial charge on any atom is 0.414 e. The fourth-order valence-electron chi connectivity index (χ4n) is 2.41. The molecule has 3 rings (SSSR count). The molecule has 1 atom stereocenters. The van der Waals surface area contributed by atoms with E-state index in [-0.39, 0.29) is 12.1 Å². The number of cyclic esters (lactones) is 1. The van der Waals surface area contributed by atoms with Gasteiger partial charge in [-0.25, -0.2) is 19.2 Å². The maximum absolute atomic E-state index is 14.4. The Labute approximate surface area is 132 Å². The van der Waals surface area contributed by atoms with Crippen LogP contribution in [0.2, 0.25) is 0 Å². The minimum absolute atomic E-state index is 0.153. The number of carbonyl (C=O) groups is 1. The van der Waals surface area contributed by atoms with Crippen LogP contribution in [-0.4, -0.2) is 35.8 Å². The third-order valence-corrected chi connectivity index (χ3v) is 3.72. The molecule has 2 aromatic rings. The minimum Gasteiger partial charge on any atom is -0.467 e. The van der Waals surface area contributed by atoms with Crippen LogP contribution in [0.25, 0.3) is 11.1 Å². The number of anilines is 1. The number of rotatable bonds is 4. The summed E-state index contributed by atoms with van der Waals surface area (Å²) in [6.45, 7) is 2.37. The summed E-state index contributed by atoms with van der Waals surface area (Å²) in [6.07, 6.45) is 3.10. The molecule has 0 N–H and O–H groups in total. The van der Waals surface area contributed by atoms with Crippen molar-refractivity contribution >= 4 is 11.8 Å². The van der Waals surface area contributed by atoms with Crippen molar-refractivity contribution in [3.63, 3.8) is 0 Å². The lowest BCUT2D eigenvalue weighted by Gasteiger charge is -2.14. The first-order chi connectivity index (χ1) is 11.1. The third kappa shape index (κ3) is 2.94. The second-order valence-electron chi connectivity index (χ2n) is 5.15. The Kier molecular flexibility index (Phi) is 4.10. The van der Waals surface area contributed by atoms with E-state index in [1.165, 1.54) is 30.5 Å². The first-order valence-corrected chi connectivity index (χ1v) is 7.26. The number of hydrogen-bond donors (Lipinski definition) is 0. The summed E-state index contributed by atoms with van der Waals surface area (Å²) >= 11 is 0. The lowest BCUT2D eigenvalue weighted by molar-refractivity contribution is 0.139. The van der Waals surface area contributed by atoms with Gasteiger partial charge in [0.1, 0.15) is 11.9 Å². The highest BCUT2D eigenvalue weighted by Crippen LogP contribution is 2.29. The molecule has 6 nitrogen and oxygen atoms in total. The molecule has 0 saturated carbocycles. The van der Waals surface area contributed by atoms with Crippen LogP contribution in [0.15, 0.2) is 30.6 Å². The molecule has 1 unspecified atom stereocenters. The van der Waals surface area contributed by atoms with E-state index in [4.69, 9.17) is 9.47 Å². The summed E-state index contributed by atoms with van der Waals surface area (Å²) in [5, 5.41) is 0. The average molecular weight is 317 g/mol. The van der Waals surface area contributed by atoms with Gasteiger partial charge in [-0.1, -0.05) is 6.92 Å². The second kappa shape index (κ2) is 6.20. The number of nitrogens with zero attached hydrogens (tertiary/aromatic N) is 3. The van der Waals surface area contributed by atoms with Crippen LogP contribution >= 0.6 is 0 Å². The van der Waals surface area contributed by atoms with Crippen molar-refractivity contribution in [2.75, 3.05) is 18.6 Å². The zero-order valence-electron chi connectivity index (χ0n) is 12.8. The highest BCUT2D eigenvalue weighted by molar-refractivity contribution is 5.90. The number of ether oxygens (including phenoxy) is 2. The predicted molar refractivity (Wildman–Crippen MR) is 81.9 cm³/mol. The Morgan fingerprint density at radius 1 is 1.39 bits per heavy atom. The van der Waals surface area contributed by atoms with Gasteiger partial charge in [0, 0.05) is 23.5 Å². The van der Waals surface area contributed by atoms with Gasteiger partial charge in [0.15, 0.2) is 0 Å². The van der Waals surface area contributed by atoms with Gasteiger partial charge in [-0.05, 0) is 24.6 Å². The van der Waals surface area contributed by atoms with Crippen LogP contribution in [0.5, 0.6) is 6.01 Å². The Morgan fingerprint density at radius 3 is 2.70 bits per heavy atom. The van der Waals surface area contributed by atoms with Crippen LogP contribution in [0.1, 0.15) is 13.3 Å². The fraction of sp³-hybridized carbons (Fsp3) is 0.312. The minimum atomic E-state index is -0.455. The van der Waals surface area contributed by atoms with Crippen LogP contribution in [0, 0.1) is 5.82 Å². The summed E-state index contributed by atoms with van der Waals surface area (Å²) in [5.74, 6) is -0.455. The van der Waals surface area contributed by atoms with Crippen molar-refractivity contribution in [2.24, 2.45) is 0 Å². The number of aromatic nitrogens is 2. The molecule has 1 aromatic heterocycles. The number of carbonyl (C=O) groups excluding carboxylic acids is 1.